The number of urea groups is 1. The Morgan fingerprint density at radius 3 is 2.77 bits per heavy atom. The summed E-state index contributed by atoms with van der Waals surface area (Å²) in [6, 6.07) is 5.13. The fourth-order valence-corrected chi connectivity index (χ4v) is 4.11. The van der Waals surface area contributed by atoms with Crippen molar-refractivity contribution in [2.75, 3.05) is 18.5 Å². The molecule has 2 aliphatic rings. The van der Waals surface area contributed by atoms with E-state index >= 15 is 0 Å². The Hall–Kier alpha value is -1.89. The van der Waals surface area contributed by atoms with Gasteiger partial charge >= 0.3 is 6.03 Å². The molecule has 1 aromatic carbocycles. The van der Waals surface area contributed by atoms with Gasteiger partial charge in [0.1, 0.15) is 12.1 Å². The smallest absolute Gasteiger partial charge is 0.323 e. The molecule has 140 valence electrons. The van der Waals surface area contributed by atoms with Crippen molar-refractivity contribution in [1.82, 2.24) is 10.2 Å². The van der Waals surface area contributed by atoms with Crippen molar-refractivity contribution in [3.8, 4) is 0 Å². The molecule has 2 atom stereocenters. The molecule has 3 rings (SSSR count). The lowest BCUT2D eigenvalue weighted by atomic mass is 9.73. The number of aryl methyl sites for hydroxylation is 1. The highest BCUT2D eigenvalue weighted by Gasteiger charge is 2.55. The van der Waals surface area contributed by atoms with Gasteiger partial charge in [0.25, 0.3) is 5.91 Å². The van der Waals surface area contributed by atoms with E-state index in [1.54, 1.807) is 7.05 Å². The Morgan fingerprint density at radius 2 is 2.12 bits per heavy atom. The first-order chi connectivity index (χ1) is 12.3. The number of hydrogen-bond donors (Lipinski definition) is 1. The largest absolute Gasteiger partial charge is 0.325 e. The van der Waals surface area contributed by atoms with Gasteiger partial charge in [-0.15, -0.1) is 0 Å². The first kappa shape index (κ1) is 18.9. The molecular weight excluding hydrogens is 398 g/mol. The minimum absolute atomic E-state index is 0.0830. The summed E-state index contributed by atoms with van der Waals surface area (Å²) in [7, 11) is 1.66. The van der Waals surface area contributed by atoms with Gasteiger partial charge in [0, 0.05) is 17.2 Å². The van der Waals surface area contributed by atoms with E-state index in [2.05, 4.69) is 21.2 Å². The average molecular weight is 422 g/mol. The lowest BCUT2D eigenvalue weighted by Gasteiger charge is -2.36. The first-order valence-corrected chi connectivity index (χ1v) is 9.72. The normalized spacial score (nSPS) is 25.5. The van der Waals surface area contributed by atoms with Gasteiger partial charge in [-0.2, -0.15) is 0 Å². The predicted octanol–water partition coefficient (Wildman–Crippen LogP) is 3.22. The number of imide groups is 1. The number of nitrogens with one attached hydrogen (secondary N) is 1. The van der Waals surface area contributed by atoms with E-state index in [9.17, 15) is 14.4 Å². The van der Waals surface area contributed by atoms with Crippen LogP contribution in [0.2, 0.25) is 0 Å². The van der Waals surface area contributed by atoms with Crippen molar-refractivity contribution in [2.24, 2.45) is 5.92 Å². The molecule has 1 aromatic rings. The summed E-state index contributed by atoms with van der Waals surface area (Å²) in [6.07, 6.45) is 3.53. The van der Waals surface area contributed by atoms with Crippen LogP contribution in [-0.4, -0.2) is 41.9 Å². The number of amides is 4. The van der Waals surface area contributed by atoms with Gasteiger partial charge in [-0.3, -0.25) is 14.5 Å². The van der Waals surface area contributed by atoms with Crippen LogP contribution in [-0.2, 0) is 9.59 Å². The van der Waals surface area contributed by atoms with Crippen LogP contribution in [0.25, 0.3) is 0 Å². The molecule has 1 N–H and O–H groups in total. The number of likely N-dealkylation sites (N-methyl/N-ethyl adjacent to an activating group) is 1. The van der Waals surface area contributed by atoms with Gasteiger partial charge in [-0.05, 0) is 49.4 Å². The Balaban J connectivity index is 1.75. The second kappa shape index (κ2) is 7.02. The molecule has 4 amide bonds. The third-order valence-corrected chi connectivity index (χ3v) is 6.59. The summed E-state index contributed by atoms with van der Waals surface area (Å²) in [4.78, 5) is 40.6. The van der Waals surface area contributed by atoms with Gasteiger partial charge in [0.05, 0.1) is 0 Å². The zero-order valence-corrected chi connectivity index (χ0v) is 16.9. The number of hydrogen-bond acceptors (Lipinski definition) is 3. The summed E-state index contributed by atoms with van der Waals surface area (Å²) in [5, 5.41) is 2.88. The topological polar surface area (TPSA) is 69.7 Å². The number of halogens is 1. The molecule has 0 bridgehead atoms. The average Bonchev–Trinajstić information content (AvgIpc) is 2.84. The zero-order chi connectivity index (χ0) is 19.1. The van der Waals surface area contributed by atoms with Crippen LogP contribution in [0.15, 0.2) is 22.7 Å². The monoisotopic (exact) mass is 421 g/mol. The van der Waals surface area contributed by atoms with Gasteiger partial charge in [0.2, 0.25) is 5.91 Å². The van der Waals surface area contributed by atoms with Crippen LogP contribution >= 0.6 is 15.9 Å². The molecule has 1 saturated carbocycles. The molecule has 1 saturated heterocycles. The highest BCUT2D eigenvalue weighted by atomic mass is 79.9. The van der Waals surface area contributed by atoms with Gasteiger partial charge < -0.3 is 10.2 Å². The summed E-state index contributed by atoms with van der Waals surface area (Å²) < 4.78 is 0.962. The standard InChI is InChI=1S/C19H24BrN3O3/c1-12-10-14(7-8-15(12)20)22(3)16(24)11-23-17(25)19(21-18(23)26)9-5-4-6-13(19)2/h7-8,10,13H,4-6,9,11H2,1-3H3,(H,21,26). The lowest BCUT2D eigenvalue weighted by Crippen LogP contribution is -2.54. The fourth-order valence-electron chi connectivity index (χ4n) is 3.86. The molecule has 2 unspecified atom stereocenters. The molecule has 6 nitrogen and oxygen atoms in total. The Morgan fingerprint density at radius 1 is 1.38 bits per heavy atom. The molecule has 7 heteroatoms. The Bertz CT molecular complexity index is 766. The maximum absolute atomic E-state index is 13.0. The first-order valence-electron chi connectivity index (χ1n) is 8.93. The fraction of sp³-hybridized carbons (Fsp3) is 0.526. The van der Waals surface area contributed by atoms with E-state index in [-0.39, 0.29) is 24.3 Å². The minimum Gasteiger partial charge on any atom is -0.323 e. The molecule has 1 spiro atoms. The molecule has 0 aromatic heterocycles. The molecule has 2 fully saturated rings. The minimum atomic E-state index is -0.831. The zero-order valence-electron chi connectivity index (χ0n) is 15.3. The number of carbonyl (C=O) groups is 3. The van der Waals surface area contributed by atoms with E-state index in [4.69, 9.17) is 0 Å². The van der Waals surface area contributed by atoms with E-state index < -0.39 is 11.6 Å². The third-order valence-electron chi connectivity index (χ3n) is 5.70. The summed E-state index contributed by atoms with van der Waals surface area (Å²) >= 11 is 3.44. The Kier molecular flexibility index (Phi) is 5.10. The summed E-state index contributed by atoms with van der Waals surface area (Å²) in [5.74, 6) is -0.473. The number of carbonyl (C=O) groups excluding carboxylic acids is 3. The van der Waals surface area contributed by atoms with Crippen LogP contribution in [0.4, 0.5) is 10.5 Å². The SMILES string of the molecule is Cc1cc(N(C)C(=O)CN2C(=O)NC3(CCCCC3C)C2=O)ccc1Br. The highest BCUT2D eigenvalue weighted by Crippen LogP contribution is 2.38. The quantitative estimate of drug-likeness (QED) is 0.761. The lowest BCUT2D eigenvalue weighted by molar-refractivity contribution is -0.136. The van der Waals surface area contributed by atoms with Crippen molar-refractivity contribution < 1.29 is 14.4 Å². The van der Waals surface area contributed by atoms with Crippen LogP contribution in [0.5, 0.6) is 0 Å². The van der Waals surface area contributed by atoms with Crippen molar-refractivity contribution in [2.45, 2.75) is 45.1 Å². The van der Waals surface area contributed by atoms with Crippen LogP contribution < -0.4 is 10.2 Å². The number of benzene rings is 1. The predicted molar refractivity (Wildman–Crippen MR) is 103 cm³/mol. The van der Waals surface area contributed by atoms with Crippen molar-refractivity contribution in [3.63, 3.8) is 0 Å². The van der Waals surface area contributed by atoms with Crippen LogP contribution in [0.1, 0.15) is 38.2 Å². The second-order valence-electron chi connectivity index (χ2n) is 7.33. The van der Waals surface area contributed by atoms with Crippen LogP contribution in [0.3, 0.4) is 0 Å². The third kappa shape index (κ3) is 3.13. The Labute approximate surface area is 162 Å². The molecule has 26 heavy (non-hydrogen) atoms. The number of anilines is 1. The van der Waals surface area contributed by atoms with Gasteiger partial charge in [-0.25, -0.2) is 4.79 Å². The van der Waals surface area contributed by atoms with Crippen molar-refractivity contribution >= 4 is 39.5 Å². The van der Waals surface area contributed by atoms with E-state index in [1.165, 1.54) is 4.90 Å². The molecule has 1 aliphatic carbocycles. The van der Waals surface area contributed by atoms with Crippen LogP contribution in [0, 0.1) is 12.8 Å². The maximum Gasteiger partial charge on any atom is 0.325 e. The van der Waals surface area contributed by atoms with Crippen molar-refractivity contribution in [3.05, 3.63) is 28.2 Å². The molecule has 0 radical (unpaired) electrons. The second-order valence-corrected chi connectivity index (χ2v) is 8.18. The highest BCUT2D eigenvalue weighted by molar-refractivity contribution is 9.10. The summed E-state index contributed by atoms with van der Waals surface area (Å²) in [6.45, 7) is 3.70. The van der Waals surface area contributed by atoms with Gasteiger partial charge in [0.15, 0.2) is 0 Å². The van der Waals surface area contributed by atoms with E-state index in [0.29, 0.717) is 6.42 Å². The maximum atomic E-state index is 13.0. The van der Waals surface area contributed by atoms with Crippen molar-refractivity contribution in [1.29, 1.82) is 0 Å². The number of rotatable bonds is 3. The molecule has 1 heterocycles. The van der Waals surface area contributed by atoms with Gasteiger partial charge in [-0.1, -0.05) is 35.7 Å². The van der Waals surface area contributed by atoms with E-state index in [0.717, 1.165) is 39.9 Å². The van der Waals surface area contributed by atoms with E-state index in [1.807, 2.05) is 32.0 Å². The number of nitrogens with zero attached hydrogens (tertiary/aromatic N) is 2. The molecular formula is C19H24BrN3O3. The summed E-state index contributed by atoms with van der Waals surface area (Å²) in [5.41, 5.74) is 0.901. The molecule has 1 aliphatic heterocycles.